The quantitative estimate of drug-likeness (QED) is 0.512. The molecule has 1 fully saturated rings. The lowest BCUT2D eigenvalue weighted by atomic mass is 9.62. The summed E-state index contributed by atoms with van der Waals surface area (Å²) in [6, 6.07) is 0. The molecule has 0 heterocycles. The largest absolute Gasteiger partial charge is 0.0625 e. The van der Waals surface area contributed by atoms with E-state index >= 15 is 0 Å². The minimum Gasteiger partial charge on any atom is -0.0625 e. The predicted molar refractivity (Wildman–Crippen MR) is 91.9 cm³/mol. The van der Waals surface area contributed by atoms with Crippen LogP contribution in [0.15, 0.2) is 0 Å². The molecule has 0 amide bonds. The van der Waals surface area contributed by atoms with Crippen LogP contribution >= 0.6 is 0 Å². The SMILES string of the molecule is CC1CCC(C(C)(C)C(C)CCC(C)C(C)(C)C)CC1. The summed E-state index contributed by atoms with van der Waals surface area (Å²) < 4.78 is 0. The third kappa shape index (κ3) is 4.78. The van der Waals surface area contributed by atoms with E-state index in [1.54, 1.807) is 0 Å². The van der Waals surface area contributed by atoms with Gasteiger partial charge < -0.3 is 0 Å². The van der Waals surface area contributed by atoms with Crippen molar-refractivity contribution in [3.8, 4) is 0 Å². The van der Waals surface area contributed by atoms with Crippen molar-refractivity contribution in [2.75, 3.05) is 0 Å². The molecule has 0 aromatic heterocycles. The first-order valence-electron chi connectivity index (χ1n) is 9.05. The Morgan fingerprint density at radius 1 is 0.800 bits per heavy atom. The molecule has 20 heavy (non-hydrogen) atoms. The first-order chi connectivity index (χ1) is 9.05. The van der Waals surface area contributed by atoms with Crippen molar-refractivity contribution in [2.45, 2.75) is 93.9 Å². The summed E-state index contributed by atoms with van der Waals surface area (Å²) in [5.74, 6) is 3.61. The van der Waals surface area contributed by atoms with Crippen LogP contribution in [-0.2, 0) is 0 Å². The maximum atomic E-state index is 2.54. The molecule has 0 heteroatoms. The Labute approximate surface area is 129 Å². The molecule has 0 N–H and O–H groups in total. The van der Waals surface area contributed by atoms with Crippen LogP contribution < -0.4 is 0 Å². The van der Waals surface area contributed by atoms with Crippen LogP contribution in [0.2, 0.25) is 0 Å². The van der Waals surface area contributed by atoms with Gasteiger partial charge in [-0.15, -0.1) is 0 Å². The topological polar surface area (TPSA) is 0 Å². The number of hydrogen-bond donors (Lipinski definition) is 0. The Kier molecular flexibility index (Phi) is 6.17. The Balaban J connectivity index is 2.50. The zero-order valence-corrected chi connectivity index (χ0v) is 15.6. The van der Waals surface area contributed by atoms with Crippen molar-refractivity contribution < 1.29 is 0 Å². The molecular formula is C20H40. The Bertz CT molecular complexity index is 273. The Morgan fingerprint density at radius 3 is 1.70 bits per heavy atom. The van der Waals surface area contributed by atoms with Gasteiger partial charge in [-0.3, -0.25) is 0 Å². The lowest BCUT2D eigenvalue weighted by Crippen LogP contribution is -2.34. The van der Waals surface area contributed by atoms with Gasteiger partial charge in [0.15, 0.2) is 0 Å². The average Bonchev–Trinajstić information content (AvgIpc) is 2.34. The molecule has 0 spiro atoms. The molecule has 0 aromatic rings. The molecule has 120 valence electrons. The predicted octanol–water partition coefficient (Wildman–Crippen LogP) is 6.94. The highest BCUT2D eigenvalue weighted by Crippen LogP contribution is 2.46. The standard InChI is InChI=1S/C20H40/c1-15-9-13-18(14-10-15)20(7,8)17(3)12-11-16(2)19(4,5)6/h15-18H,9-14H2,1-8H3. The summed E-state index contributed by atoms with van der Waals surface area (Å²) in [7, 11) is 0. The third-order valence-corrected chi connectivity index (χ3v) is 6.85. The average molecular weight is 281 g/mol. The van der Waals surface area contributed by atoms with Crippen LogP contribution in [0.25, 0.3) is 0 Å². The molecule has 0 saturated heterocycles. The van der Waals surface area contributed by atoms with Gasteiger partial charge in [0.05, 0.1) is 0 Å². The van der Waals surface area contributed by atoms with Crippen molar-refractivity contribution >= 4 is 0 Å². The summed E-state index contributed by atoms with van der Waals surface area (Å²) in [5, 5.41) is 0. The highest BCUT2D eigenvalue weighted by atomic mass is 14.4. The van der Waals surface area contributed by atoms with Gasteiger partial charge in [-0.05, 0) is 60.2 Å². The maximum absolute atomic E-state index is 2.54. The smallest absolute Gasteiger partial charge is 0.0300 e. The minimum atomic E-state index is 0.462. The second kappa shape index (κ2) is 6.84. The van der Waals surface area contributed by atoms with E-state index in [1.165, 1.54) is 38.5 Å². The third-order valence-electron chi connectivity index (χ3n) is 6.85. The van der Waals surface area contributed by atoms with E-state index in [1.807, 2.05) is 0 Å². The highest BCUT2D eigenvalue weighted by Gasteiger charge is 2.36. The number of hydrogen-bond acceptors (Lipinski definition) is 0. The second-order valence-electron chi connectivity index (χ2n) is 9.52. The summed E-state index contributed by atoms with van der Waals surface area (Å²) >= 11 is 0. The normalized spacial score (nSPS) is 28.2. The van der Waals surface area contributed by atoms with Gasteiger partial charge in [0.25, 0.3) is 0 Å². The Hall–Kier alpha value is 0. The van der Waals surface area contributed by atoms with E-state index in [0.29, 0.717) is 10.8 Å². The van der Waals surface area contributed by atoms with E-state index in [9.17, 15) is 0 Å². The molecule has 1 rings (SSSR count). The molecule has 0 nitrogen and oxygen atoms in total. The van der Waals surface area contributed by atoms with Crippen LogP contribution in [0, 0.1) is 34.5 Å². The minimum absolute atomic E-state index is 0.462. The first kappa shape index (κ1) is 18.1. The van der Waals surface area contributed by atoms with E-state index in [4.69, 9.17) is 0 Å². The first-order valence-corrected chi connectivity index (χ1v) is 9.05. The second-order valence-corrected chi connectivity index (χ2v) is 9.52. The highest BCUT2D eigenvalue weighted by molar-refractivity contribution is 4.86. The molecule has 1 aliphatic rings. The molecule has 0 bridgehead atoms. The van der Waals surface area contributed by atoms with E-state index in [-0.39, 0.29) is 0 Å². The summed E-state index contributed by atoms with van der Waals surface area (Å²) in [4.78, 5) is 0. The van der Waals surface area contributed by atoms with Crippen molar-refractivity contribution in [1.29, 1.82) is 0 Å². The van der Waals surface area contributed by atoms with Crippen LogP contribution in [0.1, 0.15) is 93.9 Å². The zero-order chi connectivity index (χ0) is 15.6. The van der Waals surface area contributed by atoms with Crippen LogP contribution in [-0.4, -0.2) is 0 Å². The molecule has 1 saturated carbocycles. The summed E-state index contributed by atoms with van der Waals surface area (Å²) in [6.45, 7) is 19.6. The van der Waals surface area contributed by atoms with Gasteiger partial charge in [-0.1, -0.05) is 68.2 Å². The Morgan fingerprint density at radius 2 is 1.25 bits per heavy atom. The van der Waals surface area contributed by atoms with Crippen LogP contribution in [0.5, 0.6) is 0 Å². The van der Waals surface area contributed by atoms with Crippen molar-refractivity contribution in [1.82, 2.24) is 0 Å². The van der Waals surface area contributed by atoms with Gasteiger partial charge in [-0.2, -0.15) is 0 Å². The van der Waals surface area contributed by atoms with Crippen molar-refractivity contribution in [2.24, 2.45) is 34.5 Å². The molecule has 0 aliphatic heterocycles. The molecule has 1 aliphatic carbocycles. The summed E-state index contributed by atoms with van der Waals surface area (Å²) in [6.07, 6.45) is 8.63. The fraction of sp³-hybridized carbons (Fsp3) is 1.00. The van der Waals surface area contributed by atoms with Gasteiger partial charge in [0, 0.05) is 0 Å². The lowest BCUT2D eigenvalue weighted by molar-refractivity contribution is 0.0681. The van der Waals surface area contributed by atoms with Crippen LogP contribution in [0.3, 0.4) is 0 Å². The fourth-order valence-corrected chi connectivity index (χ4v) is 3.71. The van der Waals surface area contributed by atoms with E-state index in [2.05, 4.69) is 55.4 Å². The summed E-state index contributed by atoms with van der Waals surface area (Å²) in [5.41, 5.74) is 0.988. The van der Waals surface area contributed by atoms with E-state index in [0.717, 1.165) is 23.7 Å². The lowest BCUT2D eigenvalue weighted by Gasteiger charge is -2.43. The van der Waals surface area contributed by atoms with E-state index < -0.39 is 0 Å². The molecule has 0 radical (unpaired) electrons. The van der Waals surface area contributed by atoms with Crippen LogP contribution in [0.4, 0.5) is 0 Å². The zero-order valence-electron chi connectivity index (χ0n) is 15.6. The molecule has 2 atom stereocenters. The fourth-order valence-electron chi connectivity index (χ4n) is 3.71. The van der Waals surface area contributed by atoms with Crippen molar-refractivity contribution in [3.63, 3.8) is 0 Å². The molecule has 0 aromatic carbocycles. The van der Waals surface area contributed by atoms with Crippen molar-refractivity contribution in [3.05, 3.63) is 0 Å². The maximum Gasteiger partial charge on any atom is -0.0300 e. The molecular weight excluding hydrogens is 240 g/mol. The van der Waals surface area contributed by atoms with Gasteiger partial charge in [0.1, 0.15) is 0 Å². The monoisotopic (exact) mass is 280 g/mol. The number of rotatable bonds is 5. The van der Waals surface area contributed by atoms with Gasteiger partial charge >= 0.3 is 0 Å². The molecule has 2 unspecified atom stereocenters. The van der Waals surface area contributed by atoms with Gasteiger partial charge in [-0.25, -0.2) is 0 Å². The van der Waals surface area contributed by atoms with Gasteiger partial charge in [0.2, 0.25) is 0 Å².